The lowest BCUT2D eigenvalue weighted by atomic mass is 10.1. The van der Waals surface area contributed by atoms with E-state index in [-0.39, 0.29) is 0 Å². The molecule has 0 radical (unpaired) electrons. The zero-order chi connectivity index (χ0) is 14.5. The monoisotopic (exact) mass is 272 g/mol. The van der Waals surface area contributed by atoms with Crippen molar-refractivity contribution in [1.82, 2.24) is 9.97 Å². The quantitative estimate of drug-likeness (QED) is 0.788. The first-order chi connectivity index (χ1) is 10.3. The number of nitrogens with zero attached hydrogens (tertiary/aromatic N) is 3. The van der Waals surface area contributed by atoms with Gasteiger partial charge in [0, 0.05) is 17.4 Å². The van der Waals surface area contributed by atoms with Gasteiger partial charge in [0.1, 0.15) is 0 Å². The second kappa shape index (κ2) is 5.85. The Kier molecular flexibility index (Phi) is 3.57. The summed E-state index contributed by atoms with van der Waals surface area (Å²) in [6.45, 7) is 0. The van der Waals surface area contributed by atoms with E-state index in [1.807, 2.05) is 54.6 Å². The van der Waals surface area contributed by atoms with E-state index in [2.05, 4.69) is 21.4 Å². The molecule has 3 rings (SSSR count). The largest absolute Gasteiger partial charge is 0.324 e. The topological polar surface area (TPSA) is 61.6 Å². The van der Waals surface area contributed by atoms with E-state index < -0.39 is 0 Å². The van der Waals surface area contributed by atoms with E-state index in [1.165, 1.54) is 0 Å². The van der Waals surface area contributed by atoms with Crippen molar-refractivity contribution >= 4 is 11.6 Å². The second-order valence-electron chi connectivity index (χ2n) is 4.45. The minimum Gasteiger partial charge on any atom is -0.324 e. The van der Waals surface area contributed by atoms with Gasteiger partial charge in [-0.3, -0.25) is 0 Å². The van der Waals surface area contributed by atoms with Gasteiger partial charge in [0.05, 0.1) is 17.3 Å². The number of aromatic nitrogens is 2. The normalized spacial score (nSPS) is 9.86. The van der Waals surface area contributed by atoms with Gasteiger partial charge in [-0.25, -0.2) is 9.97 Å². The average molecular weight is 272 g/mol. The van der Waals surface area contributed by atoms with Gasteiger partial charge in [0.15, 0.2) is 0 Å². The Morgan fingerprint density at radius 1 is 0.952 bits per heavy atom. The van der Waals surface area contributed by atoms with Crippen LogP contribution in [0.15, 0.2) is 66.9 Å². The molecule has 0 spiro atoms. The van der Waals surface area contributed by atoms with Crippen LogP contribution in [-0.4, -0.2) is 9.97 Å². The molecule has 4 heteroatoms. The molecule has 0 saturated heterocycles. The van der Waals surface area contributed by atoms with Gasteiger partial charge in [-0.05, 0) is 30.3 Å². The van der Waals surface area contributed by atoms with Crippen molar-refractivity contribution < 1.29 is 0 Å². The third-order valence-electron chi connectivity index (χ3n) is 2.97. The Balaban J connectivity index is 1.91. The molecule has 1 aromatic heterocycles. The van der Waals surface area contributed by atoms with Crippen molar-refractivity contribution in [2.75, 3.05) is 5.32 Å². The molecule has 0 aliphatic carbocycles. The summed E-state index contributed by atoms with van der Waals surface area (Å²) in [5.41, 5.74) is 3.22. The molecule has 0 atom stereocenters. The molecule has 100 valence electrons. The number of benzene rings is 2. The molecular formula is C17H12N4. The first-order valence-electron chi connectivity index (χ1n) is 6.51. The number of hydrogen-bond donors (Lipinski definition) is 1. The minimum absolute atomic E-state index is 0.529. The molecule has 1 N–H and O–H groups in total. The zero-order valence-electron chi connectivity index (χ0n) is 11.2. The summed E-state index contributed by atoms with van der Waals surface area (Å²) in [5, 5.41) is 12.1. The maximum atomic E-state index is 8.96. The van der Waals surface area contributed by atoms with E-state index >= 15 is 0 Å². The average Bonchev–Trinajstić information content (AvgIpc) is 2.56. The van der Waals surface area contributed by atoms with Gasteiger partial charge in [-0.15, -0.1) is 0 Å². The van der Waals surface area contributed by atoms with E-state index in [0.717, 1.165) is 16.9 Å². The SMILES string of the molecule is N#Cc1cccc(-c2ccnc(Nc3ccccc3)n2)c1. The molecule has 2 aromatic carbocycles. The van der Waals surface area contributed by atoms with Crippen molar-refractivity contribution in [1.29, 1.82) is 5.26 Å². The summed E-state index contributed by atoms with van der Waals surface area (Å²) in [6, 6.07) is 21.1. The van der Waals surface area contributed by atoms with Crippen LogP contribution in [0.25, 0.3) is 11.3 Å². The Labute approximate surface area is 122 Å². The summed E-state index contributed by atoms with van der Waals surface area (Å²) in [7, 11) is 0. The first-order valence-corrected chi connectivity index (χ1v) is 6.51. The molecule has 0 amide bonds. The van der Waals surface area contributed by atoms with Crippen molar-refractivity contribution in [3.8, 4) is 17.3 Å². The van der Waals surface area contributed by atoms with Crippen molar-refractivity contribution in [3.63, 3.8) is 0 Å². The van der Waals surface area contributed by atoms with Crippen molar-refractivity contribution in [2.24, 2.45) is 0 Å². The van der Waals surface area contributed by atoms with Crippen LogP contribution < -0.4 is 5.32 Å². The number of nitrogens with one attached hydrogen (secondary N) is 1. The Hall–Kier alpha value is -3.19. The molecule has 0 aliphatic rings. The number of para-hydroxylation sites is 1. The predicted octanol–water partition coefficient (Wildman–Crippen LogP) is 3.76. The van der Waals surface area contributed by atoms with Gasteiger partial charge in [-0.2, -0.15) is 5.26 Å². The van der Waals surface area contributed by atoms with Crippen LogP contribution in [0.2, 0.25) is 0 Å². The molecule has 0 bridgehead atoms. The molecule has 0 saturated carbocycles. The molecule has 4 nitrogen and oxygen atoms in total. The fraction of sp³-hybridized carbons (Fsp3) is 0. The predicted molar refractivity (Wildman–Crippen MR) is 81.9 cm³/mol. The summed E-state index contributed by atoms with van der Waals surface area (Å²) in [5.74, 6) is 0.529. The van der Waals surface area contributed by atoms with Gasteiger partial charge >= 0.3 is 0 Å². The Bertz CT molecular complexity index is 791. The van der Waals surface area contributed by atoms with Crippen LogP contribution in [0.5, 0.6) is 0 Å². The lowest BCUT2D eigenvalue weighted by Crippen LogP contribution is -1.97. The van der Waals surface area contributed by atoms with E-state index in [9.17, 15) is 0 Å². The second-order valence-corrected chi connectivity index (χ2v) is 4.45. The maximum absolute atomic E-state index is 8.96. The summed E-state index contributed by atoms with van der Waals surface area (Å²) < 4.78 is 0. The highest BCUT2D eigenvalue weighted by molar-refractivity contribution is 5.63. The number of hydrogen-bond acceptors (Lipinski definition) is 4. The van der Waals surface area contributed by atoms with Gasteiger partial charge in [0.2, 0.25) is 5.95 Å². The molecule has 0 aliphatic heterocycles. The first kappa shape index (κ1) is 12.8. The Morgan fingerprint density at radius 2 is 1.81 bits per heavy atom. The van der Waals surface area contributed by atoms with Gasteiger partial charge < -0.3 is 5.32 Å². The minimum atomic E-state index is 0.529. The van der Waals surface area contributed by atoms with E-state index in [4.69, 9.17) is 5.26 Å². The highest BCUT2D eigenvalue weighted by Gasteiger charge is 2.03. The lowest BCUT2D eigenvalue weighted by molar-refractivity contribution is 1.17. The Morgan fingerprint density at radius 3 is 2.62 bits per heavy atom. The van der Waals surface area contributed by atoms with Crippen LogP contribution in [0.4, 0.5) is 11.6 Å². The van der Waals surface area contributed by atoms with Crippen LogP contribution in [0, 0.1) is 11.3 Å². The summed E-state index contributed by atoms with van der Waals surface area (Å²) >= 11 is 0. The highest BCUT2D eigenvalue weighted by Crippen LogP contribution is 2.20. The molecule has 21 heavy (non-hydrogen) atoms. The fourth-order valence-electron chi connectivity index (χ4n) is 1.98. The van der Waals surface area contributed by atoms with Crippen molar-refractivity contribution in [2.45, 2.75) is 0 Å². The standard InChI is InChI=1S/C17H12N4/c18-12-13-5-4-6-14(11-13)16-9-10-19-17(21-16)20-15-7-2-1-3-8-15/h1-11H,(H,19,20,21). The van der Waals surface area contributed by atoms with Crippen LogP contribution in [-0.2, 0) is 0 Å². The third kappa shape index (κ3) is 3.04. The van der Waals surface area contributed by atoms with Gasteiger partial charge in [0.25, 0.3) is 0 Å². The van der Waals surface area contributed by atoms with E-state index in [0.29, 0.717) is 11.5 Å². The zero-order valence-corrected chi connectivity index (χ0v) is 11.2. The molecule has 1 heterocycles. The van der Waals surface area contributed by atoms with Crippen LogP contribution in [0.3, 0.4) is 0 Å². The molecule has 3 aromatic rings. The van der Waals surface area contributed by atoms with Crippen LogP contribution in [0.1, 0.15) is 5.56 Å². The highest BCUT2D eigenvalue weighted by atomic mass is 15.1. The maximum Gasteiger partial charge on any atom is 0.227 e. The smallest absolute Gasteiger partial charge is 0.227 e. The summed E-state index contributed by atoms with van der Waals surface area (Å²) in [4.78, 5) is 8.70. The third-order valence-corrected chi connectivity index (χ3v) is 2.97. The van der Waals surface area contributed by atoms with Crippen molar-refractivity contribution in [3.05, 3.63) is 72.4 Å². The fourth-order valence-corrected chi connectivity index (χ4v) is 1.98. The van der Waals surface area contributed by atoms with E-state index in [1.54, 1.807) is 12.3 Å². The summed E-state index contributed by atoms with van der Waals surface area (Å²) in [6.07, 6.45) is 1.70. The molecule has 0 unspecified atom stereocenters. The van der Waals surface area contributed by atoms with Gasteiger partial charge in [-0.1, -0.05) is 30.3 Å². The van der Waals surface area contributed by atoms with Crippen LogP contribution >= 0.6 is 0 Å². The number of nitriles is 1. The molecular weight excluding hydrogens is 260 g/mol. The lowest BCUT2D eigenvalue weighted by Gasteiger charge is -2.06. The number of anilines is 2. The molecule has 0 fully saturated rings. The number of rotatable bonds is 3.